The van der Waals surface area contributed by atoms with Crippen molar-refractivity contribution in [3.8, 4) is 6.07 Å². The molecule has 0 N–H and O–H groups in total. The molecule has 15 heavy (non-hydrogen) atoms. The highest BCUT2D eigenvalue weighted by Crippen LogP contribution is 2.25. The maximum atomic E-state index is 11.1. The van der Waals surface area contributed by atoms with Gasteiger partial charge in [-0.3, -0.25) is 0 Å². The minimum atomic E-state index is -3.81. The van der Waals surface area contributed by atoms with Crippen molar-refractivity contribution in [2.24, 2.45) is 0 Å². The van der Waals surface area contributed by atoms with Gasteiger partial charge >= 0.3 is 0 Å². The number of benzene rings is 1. The van der Waals surface area contributed by atoms with Crippen LogP contribution in [0.3, 0.4) is 0 Å². The van der Waals surface area contributed by atoms with E-state index in [1.807, 2.05) is 6.07 Å². The summed E-state index contributed by atoms with van der Waals surface area (Å²) < 4.78 is 22.3. The average Bonchev–Trinajstić information content (AvgIpc) is 2.15. The van der Waals surface area contributed by atoms with E-state index < -0.39 is 9.05 Å². The number of rotatable bonds is 2. The second kappa shape index (κ2) is 4.40. The quantitative estimate of drug-likeness (QED) is 0.609. The first-order valence-corrected chi connectivity index (χ1v) is 6.79. The van der Waals surface area contributed by atoms with E-state index in [0.717, 1.165) is 0 Å². The largest absolute Gasteiger partial charge is 0.261 e. The van der Waals surface area contributed by atoms with Gasteiger partial charge in [-0.2, -0.15) is 5.26 Å². The highest BCUT2D eigenvalue weighted by atomic mass is 35.7. The molecule has 0 amide bonds. The minimum absolute atomic E-state index is 0.0467. The van der Waals surface area contributed by atoms with E-state index >= 15 is 0 Å². The Kier molecular flexibility index (Phi) is 3.61. The number of nitrogens with zero attached hydrogens (tertiary/aromatic N) is 1. The van der Waals surface area contributed by atoms with Crippen molar-refractivity contribution in [2.75, 3.05) is 0 Å². The summed E-state index contributed by atoms with van der Waals surface area (Å²) >= 11 is 5.62. The molecule has 1 rings (SSSR count). The average molecular weight is 264 g/mol. The number of hydrogen-bond donors (Lipinski definition) is 0. The van der Waals surface area contributed by atoms with Gasteiger partial charge in [-0.1, -0.05) is 6.07 Å². The first kappa shape index (κ1) is 12.3. The highest BCUT2D eigenvalue weighted by molar-refractivity contribution is 8.13. The van der Waals surface area contributed by atoms with E-state index in [9.17, 15) is 8.42 Å². The molecule has 3 nitrogen and oxygen atoms in total. The van der Waals surface area contributed by atoms with Crippen molar-refractivity contribution < 1.29 is 8.42 Å². The molecule has 0 radical (unpaired) electrons. The van der Waals surface area contributed by atoms with Crippen LogP contribution in [-0.4, -0.2) is 8.42 Å². The van der Waals surface area contributed by atoms with Crippen LogP contribution in [0.5, 0.6) is 0 Å². The van der Waals surface area contributed by atoms with E-state index in [1.165, 1.54) is 19.1 Å². The molecule has 0 bridgehead atoms. The highest BCUT2D eigenvalue weighted by Gasteiger charge is 2.17. The zero-order chi connectivity index (χ0) is 11.6. The van der Waals surface area contributed by atoms with Gasteiger partial charge in [0.1, 0.15) is 0 Å². The Labute approximate surface area is 97.7 Å². The van der Waals surface area contributed by atoms with Gasteiger partial charge in [0, 0.05) is 16.6 Å². The molecule has 0 aliphatic rings. The van der Waals surface area contributed by atoms with Gasteiger partial charge in [0.2, 0.25) is 0 Å². The summed E-state index contributed by atoms with van der Waals surface area (Å²) in [6.45, 7) is 1.53. The zero-order valence-electron chi connectivity index (χ0n) is 7.79. The Bertz CT molecular complexity index is 532. The van der Waals surface area contributed by atoms with Crippen molar-refractivity contribution in [3.63, 3.8) is 0 Å². The Morgan fingerprint density at radius 3 is 2.47 bits per heavy atom. The van der Waals surface area contributed by atoms with Crippen molar-refractivity contribution >= 4 is 31.3 Å². The number of hydrogen-bond acceptors (Lipinski definition) is 3. The topological polar surface area (TPSA) is 57.9 Å². The van der Waals surface area contributed by atoms with Crippen LogP contribution < -0.4 is 0 Å². The maximum Gasteiger partial charge on any atom is 0.261 e. The predicted octanol–water partition coefficient (Wildman–Crippen LogP) is 2.53. The van der Waals surface area contributed by atoms with Crippen LogP contribution in [0.25, 0.3) is 0 Å². The van der Waals surface area contributed by atoms with Crippen LogP contribution in [0.2, 0.25) is 0 Å². The summed E-state index contributed by atoms with van der Waals surface area (Å²) in [5.74, 6) is 0.159. The lowest BCUT2D eigenvalue weighted by molar-refractivity contribution is 0.609. The van der Waals surface area contributed by atoms with E-state index in [1.54, 1.807) is 0 Å². The van der Waals surface area contributed by atoms with Crippen LogP contribution in [0.15, 0.2) is 17.0 Å². The van der Waals surface area contributed by atoms with Crippen LogP contribution in [0.4, 0.5) is 0 Å². The Hall–Kier alpha value is -0.760. The molecule has 0 aliphatic carbocycles. The number of halogens is 2. The van der Waals surface area contributed by atoms with Crippen LogP contribution in [0.1, 0.15) is 16.7 Å². The lowest BCUT2D eigenvalue weighted by atomic mass is 10.0. The van der Waals surface area contributed by atoms with Gasteiger partial charge in [-0.05, 0) is 24.1 Å². The second-order valence-corrected chi connectivity index (χ2v) is 5.71. The molecular weight excluding hydrogens is 257 g/mol. The zero-order valence-corrected chi connectivity index (χ0v) is 10.1. The van der Waals surface area contributed by atoms with Crippen LogP contribution in [-0.2, 0) is 14.9 Å². The molecular formula is C9H7Cl2NO2S. The summed E-state index contributed by atoms with van der Waals surface area (Å²) in [7, 11) is 1.41. The van der Waals surface area contributed by atoms with E-state index in [4.69, 9.17) is 27.5 Å². The number of nitriles is 1. The van der Waals surface area contributed by atoms with E-state index in [-0.39, 0.29) is 16.3 Å². The Balaban J connectivity index is 3.59. The van der Waals surface area contributed by atoms with Gasteiger partial charge < -0.3 is 0 Å². The maximum absolute atomic E-state index is 11.1. The normalized spacial score (nSPS) is 11.1. The fourth-order valence-electron chi connectivity index (χ4n) is 1.28. The molecule has 1 aromatic rings. The third kappa shape index (κ3) is 2.43. The summed E-state index contributed by atoms with van der Waals surface area (Å²) in [5.41, 5.74) is 1.21. The smallest absolute Gasteiger partial charge is 0.207 e. The molecule has 0 atom stereocenters. The molecule has 80 valence electrons. The summed E-state index contributed by atoms with van der Waals surface area (Å²) in [4.78, 5) is -0.0467. The molecule has 0 aliphatic heterocycles. The Morgan fingerprint density at radius 2 is 2.07 bits per heavy atom. The van der Waals surface area contributed by atoms with Gasteiger partial charge in [0.15, 0.2) is 0 Å². The fourth-order valence-corrected chi connectivity index (χ4v) is 2.70. The minimum Gasteiger partial charge on any atom is -0.207 e. The second-order valence-electron chi connectivity index (χ2n) is 2.91. The SMILES string of the molecule is Cc1c(S(=O)(=O)Cl)ccc(CCl)c1C#N. The van der Waals surface area contributed by atoms with Crippen molar-refractivity contribution in [3.05, 3.63) is 28.8 Å². The molecule has 0 unspecified atom stereocenters. The third-order valence-corrected chi connectivity index (χ3v) is 3.77. The fraction of sp³-hybridized carbons (Fsp3) is 0.222. The Morgan fingerprint density at radius 1 is 1.47 bits per heavy atom. The van der Waals surface area contributed by atoms with E-state index in [2.05, 4.69) is 0 Å². The van der Waals surface area contributed by atoms with Gasteiger partial charge in [0.05, 0.1) is 16.5 Å². The summed E-state index contributed by atoms with van der Waals surface area (Å²) in [6, 6.07) is 4.77. The predicted molar refractivity (Wildman–Crippen MR) is 58.5 cm³/mol. The summed E-state index contributed by atoms with van der Waals surface area (Å²) in [6.07, 6.45) is 0. The van der Waals surface area contributed by atoms with Gasteiger partial charge in [-0.25, -0.2) is 8.42 Å². The lowest BCUT2D eigenvalue weighted by Gasteiger charge is -2.07. The standard InChI is InChI=1S/C9H7Cl2NO2S/c1-6-8(5-12)7(4-10)2-3-9(6)15(11,13)14/h2-3H,4H2,1H3. The molecule has 6 heteroatoms. The van der Waals surface area contributed by atoms with Crippen molar-refractivity contribution in [2.45, 2.75) is 17.7 Å². The lowest BCUT2D eigenvalue weighted by Crippen LogP contribution is -1.99. The first-order valence-electron chi connectivity index (χ1n) is 3.95. The number of alkyl halides is 1. The monoisotopic (exact) mass is 263 g/mol. The molecule has 0 heterocycles. The van der Waals surface area contributed by atoms with Gasteiger partial charge in [-0.15, -0.1) is 11.6 Å². The van der Waals surface area contributed by atoms with Crippen molar-refractivity contribution in [1.82, 2.24) is 0 Å². The molecule has 0 aromatic heterocycles. The molecule has 1 aromatic carbocycles. The molecule has 0 fully saturated rings. The van der Waals surface area contributed by atoms with Crippen molar-refractivity contribution in [1.29, 1.82) is 5.26 Å². The third-order valence-electron chi connectivity index (χ3n) is 2.02. The van der Waals surface area contributed by atoms with Crippen LogP contribution in [0, 0.1) is 18.3 Å². The molecule has 0 saturated carbocycles. The summed E-state index contributed by atoms with van der Waals surface area (Å²) in [5, 5.41) is 8.87. The van der Waals surface area contributed by atoms with E-state index in [0.29, 0.717) is 11.1 Å². The molecule has 0 saturated heterocycles. The van der Waals surface area contributed by atoms with Crippen LogP contribution >= 0.6 is 22.3 Å². The molecule has 0 spiro atoms. The first-order chi connectivity index (χ1) is 6.91. The van der Waals surface area contributed by atoms with Gasteiger partial charge in [0.25, 0.3) is 9.05 Å².